The molecule has 2 rings (SSSR count). The van der Waals surface area contributed by atoms with Crippen molar-refractivity contribution in [2.24, 2.45) is 0 Å². The Morgan fingerprint density at radius 1 is 1.27 bits per heavy atom. The van der Waals surface area contributed by atoms with Crippen LogP contribution in [0, 0.1) is 0 Å². The Morgan fingerprint density at radius 3 is 2.45 bits per heavy atom. The number of hydrogen-bond donors (Lipinski definition) is 0. The monoisotopic (exact) mass is 328 g/mol. The maximum absolute atomic E-state index is 12.5. The van der Waals surface area contributed by atoms with Gasteiger partial charge in [0.15, 0.2) is 0 Å². The minimum absolute atomic E-state index is 0.0873. The second-order valence-electron chi connectivity index (χ2n) is 5.29. The minimum atomic E-state index is -2.48. The van der Waals surface area contributed by atoms with Gasteiger partial charge in [0.1, 0.15) is 6.04 Å². The van der Waals surface area contributed by atoms with Crippen molar-refractivity contribution in [1.29, 1.82) is 0 Å². The number of benzene rings is 1. The number of carbonyl (C=O) groups excluding carboxylic acids is 2. The van der Waals surface area contributed by atoms with Crippen LogP contribution in [0.2, 0.25) is 0 Å². The standard InChI is InChI=1S/C15H18F2N2O2S/c1-18(2)14(21)12-4-3-9-19(12)13(20)10-5-7-11(8-6-10)22-15(16)17/h5-8,12,15H,3-4,9H2,1-2H3. The fourth-order valence-corrected chi connectivity index (χ4v) is 3.01. The van der Waals surface area contributed by atoms with Gasteiger partial charge in [-0.15, -0.1) is 0 Å². The molecule has 0 spiro atoms. The second-order valence-corrected chi connectivity index (χ2v) is 6.36. The fourth-order valence-electron chi connectivity index (χ4n) is 2.51. The van der Waals surface area contributed by atoms with Gasteiger partial charge in [0, 0.05) is 31.1 Å². The van der Waals surface area contributed by atoms with E-state index in [0.29, 0.717) is 35.2 Å². The van der Waals surface area contributed by atoms with Crippen LogP contribution in [-0.2, 0) is 4.79 Å². The lowest BCUT2D eigenvalue weighted by Gasteiger charge is -2.26. The summed E-state index contributed by atoms with van der Waals surface area (Å²) in [5.41, 5.74) is 0.414. The molecule has 1 saturated heterocycles. The van der Waals surface area contributed by atoms with Crippen molar-refractivity contribution in [3.8, 4) is 0 Å². The van der Waals surface area contributed by atoms with Gasteiger partial charge in [0.2, 0.25) is 5.91 Å². The third-order valence-corrected chi connectivity index (χ3v) is 4.29. The smallest absolute Gasteiger partial charge is 0.288 e. The van der Waals surface area contributed by atoms with Gasteiger partial charge in [-0.3, -0.25) is 9.59 Å². The molecule has 120 valence electrons. The molecular weight excluding hydrogens is 310 g/mol. The van der Waals surface area contributed by atoms with Gasteiger partial charge in [-0.25, -0.2) is 0 Å². The molecule has 1 aliphatic heterocycles. The highest BCUT2D eigenvalue weighted by molar-refractivity contribution is 7.99. The number of amides is 2. The Labute approximate surface area is 132 Å². The lowest BCUT2D eigenvalue weighted by Crippen LogP contribution is -2.45. The van der Waals surface area contributed by atoms with Gasteiger partial charge < -0.3 is 9.80 Å². The molecule has 1 aromatic carbocycles. The Bertz CT molecular complexity index is 549. The van der Waals surface area contributed by atoms with Crippen LogP contribution >= 0.6 is 11.8 Å². The maximum Gasteiger partial charge on any atom is 0.288 e. The number of hydrogen-bond acceptors (Lipinski definition) is 3. The number of thioether (sulfide) groups is 1. The van der Waals surface area contributed by atoms with E-state index in [1.807, 2.05) is 0 Å². The topological polar surface area (TPSA) is 40.6 Å². The highest BCUT2D eigenvalue weighted by Gasteiger charge is 2.35. The molecular formula is C15H18F2N2O2S. The van der Waals surface area contributed by atoms with E-state index in [9.17, 15) is 18.4 Å². The number of carbonyl (C=O) groups is 2. The van der Waals surface area contributed by atoms with E-state index in [1.165, 1.54) is 29.2 Å². The molecule has 22 heavy (non-hydrogen) atoms. The van der Waals surface area contributed by atoms with Crippen molar-refractivity contribution >= 4 is 23.6 Å². The highest BCUT2D eigenvalue weighted by atomic mass is 32.2. The second kappa shape index (κ2) is 7.09. The molecule has 2 amide bonds. The van der Waals surface area contributed by atoms with E-state index >= 15 is 0 Å². The minimum Gasteiger partial charge on any atom is -0.347 e. The lowest BCUT2D eigenvalue weighted by atomic mass is 10.1. The molecule has 7 heteroatoms. The summed E-state index contributed by atoms with van der Waals surface area (Å²) in [6.07, 6.45) is 1.44. The van der Waals surface area contributed by atoms with Crippen LogP contribution in [-0.4, -0.2) is 54.1 Å². The van der Waals surface area contributed by atoms with E-state index in [4.69, 9.17) is 0 Å². The van der Waals surface area contributed by atoms with Gasteiger partial charge in [-0.2, -0.15) is 8.78 Å². The number of likely N-dealkylation sites (N-methyl/N-ethyl adjacent to an activating group) is 1. The van der Waals surface area contributed by atoms with E-state index in [-0.39, 0.29) is 11.8 Å². The number of halogens is 2. The molecule has 0 bridgehead atoms. The van der Waals surface area contributed by atoms with Crippen LogP contribution < -0.4 is 0 Å². The quantitative estimate of drug-likeness (QED) is 0.798. The summed E-state index contributed by atoms with van der Waals surface area (Å²) in [5.74, 6) is -2.80. The van der Waals surface area contributed by atoms with Gasteiger partial charge in [-0.05, 0) is 37.1 Å². The fraction of sp³-hybridized carbons (Fsp3) is 0.467. The Hall–Kier alpha value is -1.63. The third kappa shape index (κ3) is 3.76. The molecule has 1 heterocycles. The summed E-state index contributed by atoms with van der Waals surface area (Å²) in [4.78, 5) is 28.1. The first-order chi connectivity index (χ1) is 10.4. The predicted molar refractivity (Wildman–Crippen MR) is 81.1 cm³/mol. The van der Waals surface area contributed by atoms with Crippen molar-refractivity contribution in [1.82, 2.24) is 9.80 Å². The third-order valence-electron chi connectivity index (χ3n) is 3.57. The molecule has 0 aliphatic carbocycles. The Morgan fingerprint density at radius 2 is 1.91 bits per heavy atom. The van der Waals surface area contributed by atoms with Crippen molar-refractivity contribution in [3.05, 3.63) is 29.8 Å². The summed E-state index contributed by atoms with van der Waals surface area (Å²) in [6.45, 7) is 0.538. The van der Waals surface area contributed by atoms with E-state index in [1.54, 1.807) is 19.0 Å². The van der Waals surface area contributed by atoms with E-state index in [0.717, 1.165) is 6.42 Å². The zero-order chi connectivity index (χ0) is 16.3. The molecule has 1 aromatic rings. The van der Waals surface area contributed by atoms with Crippen LogP contribution in [0.15, 0.2) is 29.2 Å². The van der Waals surface area contributed by atoms with Crippen LogP contribution in [0.1, 0.15) is 23.2 Å². The number of likely N-dealkylation sites (tertiary alicyclic amines) is 1. The van der Waals surface area contributed by atoms with E-state index < -0.39 is 11.8 Å². The first kappa shape index (κ1) is 16.7. The highest BCUT2D eigenvalue weighted by Crippen LogP contribution is 2.26. The normalized spacial score (nSPS) is 17.9. The molecule has 1 aliphatic rings. The molecule has 1 atom stereocenters. The van der Waals surface area contributed by atoms with Gasteiger partial charge in [0.25, 0.3) is 11.7 Å². The lowest BCUT2D eigenvalue weighted by molar-refractivity contribution is -0.132. The van der Waals surface area contributed by atoms with Gasteiger partial charge >= 0.3 is 0 Å². The summed E-state index contributed by atoms with van der Waals surface area (Å²) in [7, 11) is 3.33. The number of rotatable bonds is 4. The van der Waals surface area contributed by atoms with Crippen LogP contribution in [0.5, 0.6) is 0 Å². The first-order valence-electron chi connectivity index (χ1n) is 6.97. The molecule has 0 N–H and O–H groups in total. The summed E-state index contributed by atoms with van der Waals surface area (Å²) < 4.78 is 24.6. The summed E-state index contributed by atoms with van der Waals surface area (Å²) in [5, 5.41) is 0. The largest absolute Gasteiger partial charge is 0.347 e. The Kier molecular flexibility index (Phi) is 5.39. The Balaban J connectivity index is 2.11. The number of alkyl halides is 2. The SMILES string of the molecule is CN(C)C(=O)C1CCCN1C(=O)c1ccc(SC(F)F)cc1. The van der Waals surface area contributed by atoms with Crippen molar-refractivity contribution in [3.63, 3.8) is 0 Å². The molecule has 0 saturated carbocycles. The molecule has 0 radical (unpaired) electrons. The molecule has 4 nitrogen and oxygen atoms in total. The summed E-state index contributed by atoms with van der Waals surface area (Å²) in [6, 6.07) is 5.63. The average Bonchev–Trinajstić information content (AvgIpc) is 2.95. The molecule has 1 fully saturated rings. The predicted octanol–water partition coefficient (Wildman–Crippen LogP) is 2.69. The zero-order valence-corrected chi connectivity index (χ0v) is 13.3. The average molecular weight is 328 g/mol. The van der Waals surface area contributed by atoms with Crippen molar-refractivity contribution in [2.75, 3.05) is 20.6 Å². The molecule has 0 aromatic heterocycles. The van der Waals surface area contributed by atoms with Crippen LogP contribution in [0.4, 0.5) is 8.78 Å². The maximum atomic E-state index is 12.5. The van der Waals surface area contributed by atoms with Crippen molar-refractivity contribution in [2.45, 2.75) is 29.5 Å². The zero-order valence-electron chi connectivity index (χ0n) is 12.5. The van der Waals surface area contributed by atoms with Crippen LogP contribution in [0.25, 0.3) is 0 Å². The van der Waals surface area contributed by atoms with Crippen molar-refractivity contribution < 1.29 is 18.4 Å². The van der Waals surface area contributed by atoms with Gasteiger partial charge in [0.05, 0.1) is 0 Å². The van der Waals surface area contributed by atoms with E-state index in [2.05, 4.69) is 0 Å². The molecule has 1 unspecified atom stereocenters. The van der Waals surface area contributed by atoms with Gasteiger partial charge in [-0.1, -0.05) is 11.8 Å². The van der Waals surface area contributed by atoms with Crippen LogP contribution in [0.3, 0.4) is 0 Å². The summed E-state index contributed by atoms with van der Waals surface area (Å²) >= 11 is 0.441. The number of nitrogens with zero attached hydrogens (tertiary/aromatic N) is 2. The first-order valence-corrected chi connectivity index (χ1v) is 7.85.